The van der Waals surface area contributed by atoms with Crippen LogP contribution in [-0.4, -0.2) is 48.3 Å². The number of sulfonamides is 1. The van der Waals surface area contributed by atoms with Gasteiger partial charge in [-0.15, -0.1) is 0 Å². The van der Waals surface area contributed by atoms with Crippen LogP contribution in [0, 0.1) is 11.3 Å². The highest BCUT2D eigenvalue weighted by atomic mass is 32.2. The maximum Gasteiger partial charge on any atom is 0.212 e. The van der Waals surface area contributed by atoms with Crippen molar-refractivity contribution in [2.75, 3.05) is 17.7 Å². The van der Waals surface area contributed by atoms with Crippen molar-refractivity contribution in [3.8, 4) is 0 Å². The zero-order chi connectivity index (χ0) is 18.5. The van der Waals surface area contributed by atoms with Gasteiger partial charge in [-0.25, -0.2) is 23.1 Å². The van der Waals surface area contributed by atoms with E-state index in [-0.39, 0.29) is 17.7 Å². The van der Waals surface area contributed by atoms with E-state index >= 15 is 0 Å². The van der Waals surface area contributed by atoms with Crippen LogP contribution in [0.15, 0.2) is 18.6 Å². The lowest BCUT2D eigenvalue weighted by Gasteiger charge is -2.59. The Labute approximate surface area is 154 Å². The molecule has 2 fully saturated rings. The Morgan fingerprint density at radius 2 is 2.04 bits per heavy atom. The molecule has 1 spiro atoms. The van der Waals surface area contributed by atoms with Gasteiger partial charge in [-0.1, -0.05) is 13.8 Å². The third-order valence-electron chi connectivity index (χ3n) is 5.81. The van der Waals surface area contributed by atoms with Crippen molar-refractivity contribution in [1.82, 2.24) is 19.7 Å². The SMILES string of the molecule is CC(C)CS(=O)(=O)NC1CC2(C1)CC(N(C)c1ncnc3[nH]ccc13)C2. The number of nitrogens with zero attached hydrogens (tertiary/aromatic N) is 3. The molecule has 2 heterocycles. The molecule has 0 amide bonds. The summed E-state index contributed by atoms with van der Waals surface area (Å²) in [6, 6.07) is 2.58. The number of H-pyrrole nitrogens is 1. The van der Waals surface area contributed by atoms with Crippen molar-refractivity contribution in [3.63, 3.8) is 0 Å². The van der Waals surface area contributed by atoms with Crippen molar-refractivity contribution >= 4 is 26.9 Å². The maximum atomic E-state index is 12.1. The molecule has 2 aliphatic rings. The maximum absolute atomic E-state index is 12.1. The fourth-order valence-electron chi connectivity index (χ4n) is 4.67. The third-order valence-corrected chi connectivity index (χ3v) is 7.61. The van der Waals surface area contributed by atoms with Crippen molar-refractivity contribution in [3.05, 3.63) is 18.6 Å². The fourth-order valence-corrected chi connectivity index (χ4v) is 6.32. The number of nitrogens with one attached hydrogen (secondary N) is 2. The lowest BCUT2D eigenvalue weighted by Crippen LogP contribution is -2.61. The molecule has 2 saturated carbocycles. The molecule has 2 aromatic heterocycles. The zero-order valence-electron chi connectivity index (χ0n) is 15.6. The minimum atomic E-state index is -3.15. The summed E-state index contributed by atoms with van der Waals surface area (Å²) < 4.78 is 27.0. The van der Waals surface area contributed by atoms with E-state index in [2.05, 4.69) is 31.6 Å². The summed E-state index contributed by atoms with van der Waals surface area (Å²) in [6.45, 7) is 3.87. The molecule has 2 N–H and O–H groups in total. The molecule has 0 unspecified atom stereocenters. The quantitative estimate of drug-likeness (QED) is 0.806. The number of aromatic amines is 1. The van der Waals surface area contributed by atoms with Gasteiger partial charge in [0.15, 0.2) is 0 Å². The number of rotatable bonds is 6. The van der Waals surface area contributed by atoms with E-state index in [4.69, 9.17) is 0 Å². The second kappa shape index (κ2) is 6.20. The van der Waals surface area contributed by atoms with E-state index in [1.165, 1.54) is 0 Å². The Morgan fingerprint density at radius 3 is 2.73 bits per heavy atom. The van der Waals surface area contributed by atoms with E-state index in [0.717, 1.165) is 42.5 Å². The van der Waals surface area contributed by atoms with Gasteiger partial charge in [0, 0.05) is 25.3 Å². The molecular formula is C18H27N5O2S. The first kappa shape index (κ1) is 17.7. The van der Waals surface area contributed by atoms with Crippen LogP contribution in [0.3, 0.4) is 0 Å². The van der Waals surface area contributed by atoms with Crippen LogP contribution in [0.2, 0.25) is 0 Å². The van der Waals surface area contributed by atoms with Gasteiger partial charge in [0.1, 0.15) is 17.8 Å². The Kier molecular flexibility index (Phi) is 4.23. The highest BCUT2D eigenvalue weighted by Crippen LogP contribution is 2.57. The van der Waals surface area contributed by atoms with Gasteiger partial charge in [-0.3, -0.25) is 0 Å². The van der Waals surface area contributed by atoms with Crippen LogP contribution < -0.4 is 9.62 Å². The highest BCUT2D eigenvalue weighted by Gasteiger charge is 2.54. The predicted molar refractivity (Wildman–Crippen MR) is 103 cm³/mol. The van der Waals surface area contributed by atoms with Gasteiger partial charge < -0.3 is 9.88 Å². The van der Waals surface area contributed by atoms with Crippen LogP contribution >= 0.6 is 0 Å². The molecule has 0 radical (unpaired) electrons. The van der Waals surface area contributed by atoms with Gasteiger partial charge in [0.2, 0.25) is 10.0 Å². The summed E-state index contributed by atoms with van der Waals surface area (Å²) in [5.41, 5.74) is 1.17. The lowest BCUT2D eigenvalue weighted by atomic mass is 9.52. The minimum absolute atomic E-state index is 0.112. The summed E-state index contributed by atoms with van der Waals surface area (Å²) >= 11 is 0. The molecule has 0 aromatic carbocycles. The lowest BCUT2D eigenvalue weighted by molar-refractivity contribution is -0.0120. The van der Waals surface area contributed by atoms with Gasteiger partial charge in [0.25, 0.3) is 0 Å². The van der Waals surface area contributed by atoms with E-state index in [1.54, 1.807) is 6.33 Å². The predicted octanol–water partition coefficient (Wildman–Crippen LogP) is 2.28. The molecule has 142 valence electrons. The molecular weight excluding hydrogens is 350 g/mol. The molecule has 0 aliphatic heterocycles. The van der Waals surface area contributed by atoms with Crippen molar-refractivity contribution < 1.29 is 8.42 Å². The summed E-state index contributed by atoms with van der Waals surface area (Å²) in [6.07, 6.45) is 7.60. The van der Waals surface area contributed by atoms with Gasteiger partial charge >= 0.3 is 0 Å². The van der Waals surface area contributed by atoms with Gasteiger partial charge in [-0.05, 0) is 43.1 Å². The van der Waals surface area contributed by atoms with Crippen LogP contribution in [0.25, 0.3) is 11.0 Å². The molecule has 0 atom stereocenters. The van der Waals surface area contributed by atoms with E-state index in [9.17, 15) is 8.42 Å². The minimum Gasteiger partial charge on any atom is -0.356 e. The Bertz CT molecular complexity index is 893. The van der Waals surface area contributed by atoms with E-state index in [1.807, 2.05) is 26.1 Å². The first-order valence-electron chi connectivity index (χ1n) is 9.28. The average Bonchev–Trinajstić information content (AvgIpc) is 2.94. The topological polar surface area (TPSA) is 91.0 Å². The highest BCUT2D eigenvalue weighted by molar-refractivity contribution is 7.89. The van der Waals surface area contributed by atoms with Crippen LogP contribution in [0.5, 0.6) is 0 Å². The zero-order valence-corrected chi connectivity index (χ0v) is 16.4. The average molecular weight is 378 g/mol. The molecule has 0 saturated heterocycles. The van der Waals surface area contributed by atoms with Crippen LogP contribution in [0.4, 0.5) is 5.82 Å². The number of hydrogen-bond acceptors (Lipinski definition) is 5. The van der Waals surface area contributed by atoms with Crippen molar-refractivity contribution in [2.45, 2.75) is 51.6 Å². The van der Waals surface area contributed by atoms with Gasteiger partial charge in [-0.2, -0.15) is 0 Å². The van der Waals surface area contributed by atoms with Crippen molar-refractivity contribution in [1.29, 1.82) is 0 Å². The largest absolute Gasteiger partial charge is 0.356 e. The molecule has 8 heteroatoms. The number of hydrogen-bond donors (Lipinski definition) is 2. The molecule has 2 aromatic rings. The van der Waals surface area contributed by atoms with Crippen molar-refractivity contribution in [2.24, 2.45) is 11.3 Å². The molecule has 0 bridgehead atoms. The summed E-state index contributed by atoms with van der Waals surface area (Å²) in [5.74, 6) is 1.33. The molecule has 2 aliphatic carbocycles. The molecule has 26 heavy (non-hydrogen) atoms. The summed E-state index contributed by atoms with van der Waals surface area (Å²) in [7, 11) is -1.06. The van der Waals surface area contributed by atoms with E-state index in [0.29, 0.717) is 11.5 Å². The second-order valence-electron chi connectivity index (χ2n) is 8.51. The van der Waals surface area contributed by atoms with Gasteiger partial charge in [0.05, 0.1) is 11.1 Å². The Hall–Kier alpha value is -1.67. The number of anilines is 1. The first-order valence-corrected chi connectivity index (χ1v) is 10.9. The standard InChI is InChI=1S/C18H27N5O2S/c1-12(2)10-26(24,25)22-13-6-18(7-13)8-14(9-18)23(3)17-15-4-5-19-16(15)20-11-21-17/h4-5,11-14,22H,6-10H2,1-3H3,(H,19,20,21). The van der Waals surface area contributed by atoms with Crippen LogP contribution in [-0.2, 0) is 10.0 Å². The summed E-state index contributed by atoms with van der Waals surface area (Å²) in [5, 5.41) is 1.05. The third kappa shape index (κ3) is 3.20. The first-order chi connectivity index (χ1) is 12.3. The Balaban J connectivity index is 1.33. The number of aromatic nitrogens is 3. The molecule has 4 rings (SSSR count). The number of fused-ring (bicyclic) bond motifs is 1. The smallest absolute Gasteiger partial charge is 0.212 e. The fraction of sp³-hybridized carbons (Fsp3) is 0.667. The van der Waals surface area contributed by atoms with E-state index < -0.39 is 10.0 Å². The second-order valence-corrected chi connectivity index (χ2v) is 10.3. The summed E-state index contributed by atoms with van der Waals surface area (Å²) in [4.78, 5) is 14.1. The molecule has 7 nitrogen and oxygen atoms in total. The monoisotopic (exact) mass is 377 g/mol. The Morgan fingerprint density at radius 1 is 1.31 bits per heavy atom. The van der Waals surface area contributed by atoms with Crippen LogP contribution in [0.1, 0.15) is 39.5 Å². The normalized spacial score (nSPS) is 28.3.